The van der Waals surface area contributed by atoms with Gasteiger partial charge in [-0.05, 0) is 47.8 Å². The minimum Gasteiger partial charge on any atom is -0.481 e. The fourth-order valence-electron chi connectivity index (χ4n) is 2.11. The molecule has 0 bridgehead atoms. The van der Waals surface area contributed by atoms with Crippen molar-refractivity contribution in [2.75, 3.05) is 6.54 Å². The molecule has 2 atom stereocenters. The molecule has 0 radical (unpaired) electrons. The molecular formula is C14H18BrNO3S. The summed E-state index contributed by atoms with van der Waals surface area (Å²) in [7, 11) is 0. The lowest BCUT2D eigenvalue weighted by molar-refractivity contribution is -0.143. The van der Waals surface area contributed by atoms with Crippen molar-refractivity contribution in [2.45, 2.75) is 38.6 Å². The lowest BCUT2D eigenvalue weighted by atomic mass is 10.1. The van der Waals surface area contributed by atoms with Gasteiger partial charge in [0.25, 0.3) is 0 Å². The van der Waals surface area contributed by atoms with Crippen LogP contribution in [0.15, 0.2) is 15.9 Å². The summed E-state index contributed by atoms with van der Waals surface area (Å²) in [5.74, 6) is -1.56. The quantitative estimate of drug-likeness (QED) is 0.847. The Hall–Kier alpha value is -0.880. The van der Waals surface area contributed by atoms with Gasteiger partial charge in [0.2, 0.25) is 5.91 Å². The number of carboxylic acids is 1. The SMILES string of the molecule is CC(CN(C(=O)C(C)c1ccc(Br)s1)C1CC1)C(=O)O. The van der Waals surface area contributed by atoms with Crippen LogP contribution in [0.4, 0.5) is 0 Å². The number of carbonyl (C=O) groups excluding carboxylic acids is 1. The van der Waals surface area contributed by atoms with Gasteiger partial charge in [-0.3, -0.25) is 9.59 Å². The van der Waals surface area contributed by atoms with E-state index in [1.165, 1.54) is 0 Å². The third kappa shape index (κ3) is 3.61. The summed E-state index contributed by atoms with van der Waals surface area (Å²) in [5, 5.41) is 9.03. The van der Waals surface area contributed by atoms with Crippen LogP contribution in [0.25, 0.3) is 0 Å². The van der Waals surface area contributed by atoms with Gasteiger partial charge >= 0.3 is 5.97 Å². The summed E-state index contributed by atoms with van der Waals surface area (Å²) >= 11 is 4.95. The predicted molar refractivity (Wildman–Crippen MR) is 82.0 cm³/mol. The molecule has 1 N–H and O–H groups in total. The Balaban J connectivity index is 2.08. The van der Waals surface area contributed by atoms with Crippen molar-refractivity contribution in [3.05, 3.63) is 20.8 Å². The van der Waals surface area contributed by atoms with Crippen molar-refractivity contribution in [3.63, 3.8) is 0 Å². The van der Waals surface area contributed by atoms with Gasteiger partial charge in [0.1, 0.15) is 0 Å². The van der Waals surface area contributed by atoms with E-state index < -0.39 is 11.9 Å². The van der Waals surface area contributed by atoms with E-state index in [4.69, 9.17) is 5.11 Å². The molecule has 1 heterocycles. The first-order valence-corrected chi connectivity index (χ1v) is 8.29. The number of aliphatic carboxylic acids is 1. The smallest absolute Gasteiger partial charge is 0.308 e. The fourth-order valence-corrected chi connectivity index (χ4v) is 3.58. The summed E-state index contributed by atoms with van der Waals surface area (Å²) in [6, 6.07) is 4.11. The van der Waals surface area contributed by atoms with Gasteiger partial charge in [-0.25, -0.2) is 0 Å². The molecular weight excluding hydrogens is 342 g/mol. The summed E-state index contributed by atoms with van der Waals surface area (Å²) in [6.07, 6.45) is 1.97. The maximum Gasteiger partial charge on any atom is 0.308 e. The number of hydrogen-bond donors (Lipinski definition) is 1. The van der Waals surface area contributed by atoms with Crippen LogP contribution >= 0.6 is 27.3 Å². The van der Waals surface area contributed by atoms with E-state index in [0.717, 1.165) is 21.5 Å². The largest absolute Gasteiger partial charge is 0.481 e. The highest BCUT2D eigenvalue weighted by molar-refractivity contribution is 9.11. The van der Waals surface area contributed by atoms with Crippen LogP contribution in [-0.2, 0) is 9.59 Å². The molecule has 0 aromatic carbocycles. The Labute approximate surface area is 130 Å². The van der Waals surface area contributed by atoms with Gasteiger partial charge in [-0.1, -0.05) is 6.92 Å². The van der Waals surface area contributed by atoms with Crippen LogP contribution in [0.1, 0.15) is 37.5 Å². The Morgan fingerprint density at radius 3 is 2.55 bits per heavy atom. The Morgan fingerprint density at radius 1 is 1.45 bits per heavy atom. The molecule has 110 valence electrons. The average molecular weight is 360 g/mol. The van der Waals surface area contributed by atoms with E-state index in [2.05, 4.69) is 15.9 Å². The average Bonchev–Trinajstić information content (AvgIpc) is 3.15. The van der Waals surface area contributed by atoms with Crippen molar-refractivity contribution in [1.29, 1.82) is 0 Å². The molecule has 1 aliphatic rings. The highest BCUT2D eigenvalue weighted by Crippen LogP contribution is 2.34. The molecule has 20 heavy (non-hydrogen) atoms. The number of amides is 1. The second-order valence-electron chi connectivity index (χ2n) is 5.32. The molecule has 1 fully saturated rings. The molecule has 0 spiro atoms. The number of carbonyl (C=O) groups is 2. The lowest BCUT2D eigenvalue weighted by Gasteiger charge is -2.27. The highest BCUT2D eigenvalue weighted by Gasteiger charge is 2.36. The molecule has 1 aliphatic carbocycles. The second kappa shape index (κ2) is 6.26. The van der Waals surface area contributed by atoms with Crippen molar-refractivity contribution in [1.82, 2.24) is 4.90 Å². The molecule has 1 amide bonds. The van der Waals surface area contributed by atoms with Gasteiger partial charge in [0, 0.05) is 17.5 Å². The van der Waals surface area contributed by atoms with Crippen molar-refractivity contribution in [3.8, 4) is 0 Å². The number of rotatable bonds is 6. The van der Waals surface area contributed by atoms with Gasteiger partial charge in [0.15, 0.2) is 0 Å². The van der Waals surface area contributed by atoms with Gasteiger partial charge in [0.05, 0.1) is 15.6 Å². The molecule has 1 aromatic heterocycles. The molecule has 2 rings (SSSR count). The third-order valence-electron chi connectivity index (χ3n) is 3.55. The number of hydrogen-bond acceptors (Lipinski definition) is 3. The van der Waals surface area contributed by atoms with Crippen LogP contribution in [0.3, 0.4) is 0 Å². The number of nitrogens with zero attached hydrogens (tertiary/aromatic N) is 1. The van der Waals surface area contributed by atoms with E-state index in [1.807, 2.05) is 19.1 Å². The first kappa shape index (κ1) is 15.5. The molecule has 0 aliphatic heterocycles. The zero-order valence-corrected chi connectivity index (χ0v) is 13.9. The topological polar surface area (TPSA) is 57.6 Å². The zero-order valence-electron chi connectivity index (χ0n) is 11.5. The van der Waals surface area contributed by atoms with E-state index >= 15 is 0 Å². The molecule has 1 aromatic rings. The maximum absolute atomic E-state index is 12.6. The summed E-state index contributed by atoms with van der Waals surface area (Å²) in [4.78, 5) is 26.4. The van der Waals surface area contributed by atoms with Crippen LogP contribution in [0, 0.1) is 5.92 Å². The summed E-state index contributed by atoms with van der Waals surface area (Å²) in [5.41, 5.74) is 0. The van der Waals surface area contributed by atoms with Gasteiger partial charge in [-0.15, -0.1) is 11.3 Å². The molecule has 0 saturated heterocycles. The molecule has 4 nitrogen and oxygen atoms in total. The maximum atomic E-state index is 12.6. The number of thiophene rings is 1. The number of halogens is 1. The first-order valence-electron chi connectivity index (χ1n) is 6.68. The monoisotopic (exact) mass is 359 g/mol. The standard InChI is InChI=1S/C14H18BrNO3S/c1-8(14(18)19)7-16(10-3-4-10)13(17)9(2)11-5-6-12(15)20-11/h5-6,8-10H,3-4,7H2,1-2H3,(H,18,19). The van der Waals surface area contributed by atoms with E-state index in [9.17, 15) is 9.59 Å². The second-order valence-corrected chi connectivity index (χ2v) is 7.82. The molecule has 6 heteroatoms. The Bertz CT molecular complexity index is 512. The normalized spacial score (nSPS) is 17.6. The fraction of sp³-hybridized carbons (Fsp3) is 0.571. The van der Waals surface area contributed by atoms with E-state index in [1.54, 1.807) is 23.2 Å². The molecule has 2 unspecified atom stereocenters. The van der Waals surface area contributed by atoms with Crippen LogP contribution in [0.2, 0.25) is 0 Å². The van der Waals surface area contributed by atoms with Crippen molar-refractivity contribution < 1.29 is 14.7 Å². The van der Waals surface area contributed by atoms with Crippen LogP contribution in [-0.4, -0.2) is 34.5 Å². The lowest BCUT2D eigenvalue weighted by Crippen LogP contribution is -2.40. The van der Waals surface area contributed by atoms with Crippen LogP contribution in [0.5, 0.6) is 0 Å². The third-order valence-corrected chi connectivity index (χ3v) is 5.36. The Morgan fingerprint density at radius 2 is 2.10 bits per heavy atom. The van der Waals surface area contributed by atoms with Crippen LogP contribution < -0.4 is 0 Å². The minimum absolute atomic E-state index is 0.0370. The van der Waals surface area contributed by atoms with Crippen molar-refractivity contribution in [2.24, 2.45) is 5.92 Å². The summed E-state index contributed by atoms with van der Waals surface area (Å²) in [6.45, 7) is 3.84. The zero-order chi connectivity index (χ0) is 14.9. The van der Waals surface area contributed by atoms with Gasteiger partial charge < -0.3 is 10.0 Å². The van der Waals surface area contributed by atoms with E-state index in [-0.39, 0.29) is 17.9 Å². The summed E-state index contributed by atoms with van der Waals surface area (Å²) < 4.78 is 1.00. The van der Waals surface area contributed by atoms with Crippen molar-refractivity contribution >= 4 is 39.1 Å². The van der Waals surface area contributed by atoms with Gasteiger partial charge in [-0.2, -0.15) is 0 Å². The predicted octanol–water partition coefficient (Wildman–Crippen LogP) is 3.33. The molecule has 1 saturated carbocycles. The minimum atomic E-state index is -0.852. The first-order chi connectivity index (χ1) is 9.40. The number of carboxylic acid groups (broad SMARTS) is 1. The van der Waals surface area contributed by atoms with E-state index in [0.29, 0.717) is 6.54 Å². The Kier molecular flexibility index (Phi) is 4.86. The highest BCUT2D eigenvalue weighted by atomic mass is 79.9.